The van der Waals surface area contributed by atoms with Crippen LogP contribution in [-0.4, -0.2) is 71.1 Å². The van der Waals surface area contributed by atoms with Crippen molar-refractivity contribution in [1.82, 2.24) is 25.1 Å². The van der Waals surface area contributed by atoms with E-state index in [0.717, 1.165) is 69.7 Å². The van der Waals surface area contributed by atoms with Crippen LogP contribution in [-0.2, 0) is 19.5 Å². The highest BCUT2D eigenvalue weighted by Crippen LogP contribution is 2.32. The van der Waals surface area contributed by atoms with E-state index < -0.39 is 0 Å². The Balaban J connectivity index is 1.21. The highest BCUT2D eigenvalue weighted by Gasteiger charge is 2.36. The largest absolute Gasteiger partial charge is 0.368 e. The Morgan fingerprint density at radius 1 is 1.15 bits per heavy atom. The summed E-state index contributed by atoms with van der Waals surface area (Å²) in [7, 11) is 0. The number of rotatable bonds is 3. The molecule has 0 bridgehead atoms. The molecule has 5 heterocycles. The van der Waals surface area contributed by atoms with Gasteiger partial charge in [-0.05, 0) is 48.4 Å². The van der Waals surface area contributed by atoms with Gasteiger partial charge < -0.3 is 10.2 Å². The molecule has 2 atom stereocenters. The summed E-state index contributed by atoms with van der Waals surface area (Å²) in [4.78, 5) is 17.1. The number of pyridine rings is 2. The van der Waals surface area contributed by atoms with Crippen molar-refractivity contribution in [2.24, 2.45) is 0 Å². The van der Waals surface area contributed by atoms with Crippen molar-refractivity contribution < 1.29 is 0 Å². The molecule has 2 saturated heterocycles. The standard InChI is InChI=1S/C27H31N7/c1-19-15-33(26-5-4-21(12-28)27-24(26)3-2-7-30-27)18-23-17-32(9-10-34(19)23)16-20-11-22-14-29-8-6-25(22)31-13-20/h2-5,7,11,13,19,23,29H,6,8-10,14-18H2,1H3. The first-order chi connectivity index (χ1) is 16.7. The van der Waals surface area contributed by atoms with Crippen LogP contribution < -0.4 is 10.2 Å². The van der Waals surface area contributed by atoms with Gasteiger partial charge in [0, 0.05) is 100 Å². The van der Waals surface area contributed by atoms with Crippen LogP contribution in [0.1, 0.15) is 29.3 Å². The maximum Gasteiger partial charge on any atom is 0.101 e. The van der Waals surface area contributed by atoms with E-state index in [2.05, 4.69) is 62.4 Å². The molecule has 174 valence electrons. The minimum Gasteiger partial charge on any atom is -0.368 e. The molecule has 0 spiro atoms. The van der Waals surface area contributed by atoms with E-state index in [1.807, 2.05) is 12.1 Å². The van der Waals surface area contributed by atoms with Crippen molar-refractivity contribution in [2.45, 2.75) is 38.5 Å². The Morgan fingerprint density at radius 2 is 2.09 bits per heavy atom. The number of hydrogen-bond donors (Lipinski definition) is 1. The van der Waals surface area contributed by atoms with Gasteiger partial charge in [-0.15, -0.1) is 0 Å². The first-order valence-corrected chi connectivity index (χ1v) is 12.4. The normalized spacial score (nSPS) is 23.4. The van der Waals surface area contributed by atoms with Crippen LogP contribution in [0.25, 0.3) is 10.9 Å². The van der Waals surface area contributed by atoms with E-state index in [4.69, 9.17) is 4.98 Å². The molecule has 3 aliphatic heterocycles. The molecule has 7 heteroatoms. The molecule has 6 rings (SSSR count). The van der Waals surface area contributed by atoms with Gasteiger partial charge in [-0.1, -0.05) is 0 Å². The summed E-state index contributed by atoms with van der Waals surface area (Å²) in [5, 5.41) is 14.1. The maximum atomic E-state index is 9.53. The van der Waals surface area contributed by atoms with Gasteiger partial charge in [0.25, 0.3) is 0 Å². The first kappa shape index (κ1) is 21.5. The SMILES string of the molecule is CC1CN(c2ccc(C#N)c3ncccc23)CC2CN(Cc3cnc4c(c3)CNCC4)CCN12. The van der Waals surface area contributed by atoms with E-state index in [1.54, 1.807) is 6.20 Å². The Labute approximate surface area is 201 Å². The Bertz CT molecular complexity index is 1250. The fourth-order valence-electron chi connectivity index (χ4n) is 6.03. The van der Waals surface area contributed by atoms with Gasteiger partial charge >= 0.3 is 0 Å². The second-order valence-corrected chi connectivity index (χ2v) is 9.90. The van der Waals surface area contributed by atoms with Gasteiger partial charge in [0.05, 0.1) is 11.1 Å². The van der Waals surface area contributed by atoms with E-state index in [0.29, 0.717) is 17.6 Å². The van der Waals surface area contributed by atoms with Crippen LogP contribution in [0.3, 0.4) is 0 Å². The zero-order valence-electron chi connectivity index (χ0n) is 19.7. The van der Waals surface area contributed by atoms with Crippen LogP contribution >= 0.6 is 0 Å². The van der Waals surface area contributed by atoms with Crippen molar-refractivity contribution in [3.05, 3.63) is 65.1 Å². The lowest BCUT2D eigenvalue weighted by Crippen LogP contribution is -2.65. The highest BCUT2D eigenvalue weighted by molar-refractivity contribution is 5.95. The number of hydrogen-bond acceptors (Lipinski definition) is 7. The number of nitriles is 1. The minimum absolute atomic E-state index is 0.479. The van der Waals surface area contributed by atoms with Gasteiger partial charge in [0.2, 0.25) is 0 Å². The van der Waals surface area contributed by atoms with Gasteiger partial charge in [0.1, 0.15) is 6.07 Å². The number of piperazine rings is 2. The Kier molecular flexibility index (Phi) is 5.66. The number of fused-ring (bicyclic) bond motifs is 3. The molecule has 3 aliphatic rings. The number of anilines is 1. The monoisotopic (exact) mass is 453 g/mol. The number of nitrogens with zero attached hydrogens (tertiary/aromatic N) is 6. The zero-order chi connectivity index (χ0) is 23.1. The molecule has 2 fully saturated rings. The lowest BCUT2D eigenvalue weighted by Gasteiger charge is -2.51. The summed E-state index contributed by atoms with van der Waals surface area (Å²) >= 11 is 0. The molecule has 3 aromatic rings. The van der Waals surface area contributed by atoms with Crippen LogP contribution in [0.15, 0.2) is 42.7 Å². The van der Waals surface area contributed by atoms with E-state index >= 15 is 0 Å². The van der Waals surface area contributed by atoms with Crippen LogP contribution in [0.4, 0.5) is 5.69 Å². The highest BCUT2D eigenvalue weighted by atomic mass is 15.4. The van der Waals surface area contributed by atoms with Gasteiger partial charge in [0.15, 0.2) is 0 Å². The Hall–Kier alpha value is -3.05. The predicted octanol–water partition coefficient (Wildman–Crippen LogP) is 2.54. The van der Waals surface area contributed by atoms with Crippen molar-refractivity contribution in [2.75, 3.05) is 44.2 Å². The molecular formula is C27H31N7. The molecule has 7 nitrogen and oxygen atoms in total. The topological polar surface area (TPSA) is 71.3 Å². The summed E-state index contributed by atoms with van der Waals surface area (Å²) in [6.07, 6.45) is 4.89. The average molecular weight is 454 g/mol. The average Bonchev–Trinajstić information content (AvgIpc) is 2.87. The lowest BCUT2D eigenvalue weighted by atomic mass is 10.00. The fourth-order valence-corrected chi connectivity index (χ4v) is 6.03. The van der Waals surface area contributed by atoms with Crippen LogP contribution in [0.2, 0.25) is 0 Å². The molecule has 0 amide bonds. The maximum absolute atomic E-state index is 9.53. The minimum atomic E-state index is 0.479. The smallest absolute Gasteiger partial charge is 0.101 e. The molecule has 1 aromatic carbocycles. The number of nitrogens with one attached hydrogen (secondary N) is 1. The molecule has 2 unspecified atom stereocenters. The van der Waals surface area contributed by atoms with Gasteiger partial charge in [-0.25, -0.2) is 0 Å². The van der Waals surface area contributed by atoms with Crippen LogP contribution in [0, 0.1) is 11.3 Å². The van der Waals surface area contributed by atoms with E-state index in [1.165, 1.54) is 22.5 Å². The molecule has 2 aromatic heterocycles. The fraction of sp³-hybridized carbons (Fsp3) is 0.444. The summed E-state index contributed by atoms with van der Waals surface area (Å²) in [5.74, 6) is 0. The quantitative estimate of drug-likeness (QED) is 0.653. The summed E-state index contributed by atoms with van der Waals surface area (Å²) in [6, 6.07) is 13.7. The lowest BCUT2D eigenvalue weighted by molar-refractivity contribution is 0.0317. The molecule has 1 N–H and O–H groups in total. The molecular weight excluding hydrogens is 422 g/mol. The third-order valence-electron chi connectivity index (χ3n) is 7.68. The third kappa shape index (κ3) is 3.92. The van der Waals surface area contributed by atoms with Gasteiger partial charge in [-0.3, -0.25) is 19.8 Å². The number of aromatic nitrogens is 2. The second kappa shape index (κ2) is 8.95. The van der Waals surface area contributed by atoms with Gasteiger partial charge in [-0.2, -0.15) is 5.26 Å². The molecule has 34 heavy (non-hydrogen) atoms. The Morgan fingerprint density at radius 3 is 3.00 bits per heavy atom. The molecule has 0 radical (unpaired) electrons. The summed E-state index contributed by atoms with van der Waals surface area (Å²) in [5.41, 5.74) is 6.58. The van der Waals surface area contributed by atoms with E-state index in [9.17, 15) is 5.26 Å². The first-order valence-electron chi connectivity index (χ1n) is 12.4. The number of benzene rings is 1. The van der Waals surface area contributed by atoms with Crippen molar-refractivity contribution in [3.63, 3.8) is 0 Å². The van der Waals surface area contributed by atoms with Crippen molar-refractivity contribution >= 4 is 16.6 Å². The third-order valence-corrected chi connectivity index (χ3v) is 7.68. The molecule has 0 aliphatic carbocycles. The van der Waals surface area contributed by atoms with Crippen molar-refractivity contribution in [1.29, 1.82) is 5.26 Å². The van der Waals surface area contributed by atoms with Crippen LogP contribution in [0.5, 0.6) is 0 Å². The summed E-state index contributed by atoms with van der Waals surface area (Å²) < 4.78 is 0. The molecule has 0 saturated carbocycles. The zero-order valence-corrected chi connectivity index (χ0v) is 19.7. The second-order valence-electron chi connectivity index (χ2n) is 9.90. The van der Waals surface area contributed by atoms with Crippen molar-refractivity contribution in [3.8, 4) is 6.07 Å². The predicted molar refractivity (Wildman–Crippen MR) is 134 cm³/mol. The summed E-state index contributed by atoms with van der Waals surface area (Å²) in [6.45, 7) is 10.5. The van der Waals surface area contributed by atoms with E-state index in [-0.39, 0.29) is 0 Å².